The van der Waals surface area contributed by atoms with Crippen LogP contribution < -0.4 is 16.2 Å². The fourth-order valence-electron chi connectivity index (χ4n) is 1.83. The quantitative estimate of drug-likeness (QED) is 0.793. The number of hydrogen-bond acceptors (Lipinski definition) is 3. The van der Waals surface area contributed by atoms with Crippen molar-refractivity contribution in [3.63, 3.8) is 0 Å². The van der Waals surface area contributed by atoms with Gasteiger partial charge in [-0.25, -0.2) is 0 Å². The van der Waals surface area contributed by atoms with Crippen molar-refractivity contribution in [2.24, 2.45) is 0 Å². The fraction of sp³-hybridized carbons (Fsp3) is 0.143. The minimum atomic E-state index is 0.723. The van der Waals surface area contributed by atoms with Gasteiger partial charge in [-0.1, -0.05) is 18.2 Å². The second-order valence-electron chi connectivity index (χ2n) is 3.95. The largest absolute Gasteiger partial charge is 0.496 e. The summed E-state index contributed by atoms with van der Waals surface area (Å²) in [7, 11) is 1.67. The Kier molecular flexibility index (Phi) is 3.19. The van der Waals surface area contributed by atoms with E-state index in [0.29, 0.717) is 0 Å². The van der Waals surface area contributed by atoms with Gasteiger partial charge in [0.05, 0.1) is 7.11 Å². The van der Waals surface area contributed by atoms with E-state index in [1.807, 2.05) is 36.4 Å². The molecule has 0 amide bonds. The Balaban J connectivity index is 2.34. The van der Waals surface area contributed by atoms with E-state index in [2.05, 4.69) is 0 Å². The minimum absolute atomic E-state index is 0.723. The minimum Gasteiger partial charge on any atom is -0.496 e. The molecule has 2 rings (SSSR count). The first-order valence-electron chi connectivity index (χ1n) is 5.46. The Bertz CT molecular complexity index is 523. The predicted molar refractivity (Wildman–Crippen MR) is 71.1 cm³/mol. The number of benzene rings is 2. The molecule has 0 radical (unpaired) electrons. The lowest BCUT2D eigenvalue weighted by Gasteiger charge is -2.10. The maximum Gasteiger partial charge on any atom is 0.122 e. The average molecular weight is 228 g/mol. The highest BCUT2D eigenvalue weighted by molar-refractivity contribution is 5.57. The maximum atomic E-state index is 5.93. The molecule has 0 fully saturated rings. The van der Waals surface area contributed by atoms with E-state index in [1.165, 1.54) is 0 Å². The van der Waals surface area contributed by atoms with Crippen LogP contribution in [0.4, 0.5) is 11.4 Å². The second-order valence-corrected chi connectivity index (χ2v) is 3.95. The Morgan fingerprint density at radius 3 is 2.53 bits per heavy atom. The van der Waals surface area contributed by atoms with Crippen LogP contribution in [0.5, 0.6) is 5.75 Å². The van der Waals surface area contributed by atoms with Gasteiger partial charge in [0.15, 0.2) is 0 Å². The number of hydrogen-bond donors (Lipinski definition) is 2. The number of nitrogen functional groups attached to an aromatic ring is 2. The first-order valence-corrected chi connectivity index (χ1v) is 5.46. The van der Waals surface area contributed by atoms with E-state index in [-0.39, 0.29) is 0 Å². The van der Waals surface area contributed by atoms with E-state index in [0.717, 1.165) is 34.7 Å². The number of rotatable bonds is 3. The third kappa shape index (κ3) is 2.50. The lowest BCUT2D eigenvalue weighted by molar-refractivity contribution is 0.410. The number of para-hydroxylation sites is 1. The van der Waals surface area contributed by atoms with Gasteiger partial charge >= 0.3 is 0 Å². The van der Waals surface area contributed by atoms with Crippen LogP contribution in [0.1, 0.15) is 11.1 Å². The van der Waals surface area contributed by atoms with Crippen LogP contribution in [0.2, 0.25) is 0 Å². The third-order valence-corrected chi connectivity index (χ3v) is 2.74. The molecule has 0 saturated carbocycles. The van der Waals surface area contributed by atoms with Gasteiger partial charge in [0.1, 0.15) is 5.75 Å². The second kappa shape index (κ2) is 4.78. The molecule has 0 aromatic heterocycles. The van der Waals surface area contributed by atoms with Crippen LogP contribution in [-0.2, 0) is 6.42 Å². The van der Waals surface area contributed by atoms with Crippen molar-refractivity contribution in [1.82, 2.24) is 0 Å². The third-order valence-electron chi connectivity index (χ3n) is 2.74. The van der Waals surface area contributed by atoms with Gasteiger partial charge in [0, 0.05) is 17.8 Å². The fourth-order valence-corrected chi connectivity index (χ4v) is 1.83. The molecule has 2 aromatic carbocycles. The molecular formula is C14H16N2O. The molecule has 2 aromatic rings. The molecule has 0 atom stereocenters. The monoisotopic (exact) mass is 228 g/mol. The molecule has 0 unspecified atom stereocenters. The number of methoxy groups -OCH3 is 1. The number of ether oxygens (including phenoxy) is 1. The van der Waals surface area contributed by atoms with Crippen LogP contribution in [0, 0.1) is 0 Å². The number of nitrogens with two attached hydrogens (primary N) is 2. The van der Waals surface area contributed by atoms with E-state index in [9.17, 15) is 0 Å². The highest BCUT2D eigenvalue weighted by atomic mass is 16.5. The van der Waals surface area contributed by atoms with E-state index >= 15 is 0 Å². The van der Waals surface area contributed by atoms with Gasteiger partial charge in [0.2, 0.25) is 0 Å². The highest BCUT2D eigenvalue weighted by Gasteiger charge is 2.06. The predicted octanol–water partition coefficient (Wildman–Crippen LogP) is 2.45. The Morgan fingerprint density at radius 1 is 1.00 bits per heavy atom. The van der Waals surface area contributed by atoms with E-state index in [4.69, 9.17) is 16.2 Å². The Labute approximate surface area is 101 Å². The Morgan fingerprint density at radius 2 is 1.76 bits per heavy atom. The average Bonchev–Trinajstić information content (AvgIpc) is 2.34. The zero-order valence-corrected chi connectivity index (χ0v) is 9.81. The standard InChI is InChI=1S/C14H16N2O/c1-17-14-5-3-2-4-10(14)8-11-9-12(15)6-7-13(11)16/h2-7,9H,8,15-16H2,1H3. The normalized spacial score (nSPS) is 10.2. The maximum absolute atomic E-state index is 5.93. The van der Waals surface area contributed by atoms with Gasteiger partial charge in [-0.15, -0.1) is 0 Å². The van der Waals surface area contributed by atoms with Crippen LogP contribution in [0.15, 0.2) is 42.5 Å². The number of anilines is 2. The molecule has 4 N–H and O–H groups in total. The van der Waals surface area contributed by atoms with Gasteiger partial charge in [-0.2, -0.15) is 0 Å². The lowest BCUT2D eigenvalue weighted by atomic mass is 10.0. The summed E-state index contributed by atoms with van der Waals surface area (Å²) in [5.74, 6) is 0.870. The van der Waals surface area contributed by atoms with Crippen molar-refractivity contribution < 1.29 is 4.74 Å². The van der Waals surface area contributed by atoms with Crippen LogP contribution >= 0.6 is 0 Å². The van der Waals surface area contributed by atoms with Crippen molar-refractivity contribution in [3.8, 4) is 5.75 Å². The zero-order valence-electron chi connectivity index (χ0n) is 9.81. The van der Waals surface area contributed by atoms with Crippen molar-refractivity contribution in [3.05, 3.63) is 53.6 Å². The lowest BCUT2D eigenvalue weighted by Crippen LogP contribution is -1.99. The summed E-state index contributed by atoms with van der Waals surface area (Å²) < 4.78 is 5.32. The first kappa shape index (κ1) is 11.3. The molecule has 3 nitrogen and oxygen atoms in total. The van der Waals surface area contributed by atoms with E-state index in [1.54, 1.807) is 13.2 Å². The molecule has 17 heavy (non-hydrogen) atoms. The zero-order chi connectivity index (χ0) is 12.3. The van der Waals surface area contributed by atoms with Gasteiger partial charge in [-0.05, 0) is 35.4 Å². The van der Waals surface area contributed by atoms with Gasteiger partial charge in [-0.3, -0.25) is 0 Å². The Hall–Kier alpha value is -2.16. The molecule has 0 spiro atoms. The molecule has 3 heteroatoms. The summed E-state index contributed by atoms with van der Waals surface area (Å²) in [6.07, 6.45) is 0.723. The van der Waals surface area contributed by atoms with Crippen molar-refractivity contribution in [2.45, 2.75) is 6.42 Å². The van der Waals surface area contributed by atoms with Crippen LogP contribution in [-0.4, -0.2) is 7.11 Å². The van der Waals surface area contributed by atoms with Crippen molar-refractivity contribution >= 4 is 11.4 Å². The molecule has 0 saturated heterocycles. The summed E-state index contributed by atoms with van der Waals surface area (Å²) in [4.78, 5) is 0. The SMILES string of the molecule is COc1ccccc1Cc1cc(N)ccc1N. The van der Waals surface area contributed by atoms with Crippen molar-refractivity contribution in [1.29, 1.82) is 0 Å². The summed E-state index contributed by atoms with van der Waals surface area (Å²) in [6, 6.07) is 13.5. The molecule has 0 aliphatic rings. The summed E-state index contributed by atoms with van der Waals surface area (Å²) in [5.41, 5.74) is 15.3. The van der Waals surface area contributed by atoms with E-state index < -0.39 is 0 Å². The molecule has 0 heterocycles. The molecular weight excluding hydrogens is 212 g/mol. The van der Waals surface area contributed by atoms with Gasteiger partial charge in [0.25, 0.3) is 0 Å². The molecule has 0 aliphatic carbocycles. The van der Waals surface area contributed by atoms with Crippen LogP contribution in [0.25, 0.3) is 0 Å². The first-order chi connectivity index (χ1) is 8.20. The highest BCUT2D eigenvalue weighted by Crippen LogP contribution is 2.24. The summed E-state index contributed by atoms with van der Waals surface area (Å²) in [6.45, 7) is 0. The summed E-state index contributed by atoms with van der Waals surface area (Å²) >= 11 is 0. The van der Waals surface area contributed by atoms with Crippen molar-refractivity contribution in [2.75, 3.05) is 18.6 Å². The summed E-state index contributed by atoms with van der Waals surface area (Å²) in [5, 5.41) is 0. The molecule has 0 bridgehead atoms. The molecule has 88 valence electrons. The smallest absolute Gasteiger partial charge is 0.122 e. The topological polar surface area (TPSA) is 61.3 Å². The van der Waals surface area contributed by atoms with Crippen LogP contribution in [0.3, 0.4) is 0 Å². The molecule has 0 aliphatic heterocycles. The van der Waals surface area contributed by atoms with Gasteiger partial charge < -0.3 is 16.2 Å².